The lowest BCUT2D eigenvalue weighted by Gasteiger charge is -2.13. The van der Waals surface area contributed by atoms with E-state index in [0.717, 1.165) is 16.9 Å². The number of nitrogens with one attached hydrogen (secondary N) is 1. The molecule has 0 saturated heterocycles. The van der Waals surface area contributed by atoms with Gasteiger partial charge in [-0.25, -0.2) is 9.18 Å². The van der Waals surface area contributed by atoms with Gasteiger partial charge in [0, 0.05) is 5.69 Å². The Morgan fingerprint density at radius 1 is 1.10 bits per heavy atom. The number of hydrogen-bond donors (Lipinski definition) is 1. The first-order valence-electron chi connectivity index (χ1n) is 8.70. The smallest absolute Gasteiger partial charge is 0.347 e. The van der Waals surface area contributed by atoms with Gasteiger partial charge in [0.05, 0.1) is 0 Å². The van der Waals surface area contributed by atoms with Crippen molar-refractivity contribution < 1.29 is 23.5 Å². The Hall–Kier alpha value is -3.33. The molecule has 0 spiro atoms. The number of carbonyl (C=O) groups excluding carboxylic acids is 2. The summed E-state index contributed by atoms with van der Waals surface area (Å²) in [4.78, 5) is 24.3. The summed E-state index contributed by atoms with van der Waals surface area (Å²) in [6.45, 7) is 3.34. The highest BCUT2D eigenvalue weighted by atomic mass is 32.1. The molecule has 9 heteroatoms. The van der Waals surface area contributed by atoms with Crippen molar-refractivity contribution >= 4 is 28.9 Å². The van der Waals surface area contributed by atoms with E-state index in [0.29, 0.717) is 16.4 Å². The summed E-state index contributed by atoms with van der Waals surface area (Å²) in [7, 11) is 0. The third-order valence-electron chi connectivity index (χ3n) is 3.77. The lowest BCUT2D eigenvalue weighted by Crippen LogP contribution is -2.26. The maximum atomic E-state index is 12.9. The van der Waals surface area contributed by atoms with Crippen LogP contribution in [-0.2, 0) is 16.1 Å². The van der Waals surface area contributed by atoms with Gasteiger partial charge in [0.1, 0.15) is 18.2 Å². The van der Waals surface area contributed by atoms with Gasteiger partial charge >= 0.3 is 5.97 Å². The fourth-order valence-corrected chi connectivity index (χ4v) is 2.89. The van der Waals surface area contributed by atoms with E-state index < -0.39 is 23.8 Å². The van der Waals surface area contributed by atoms with Crippen LogP contribution in [0.25, 0.3) is 0 Å². The van der Waals surface area contributed by atoms with E-state index in [4.69, 9.17) is 9.47 Å². The Morgan fingerprint density at radius 2 is 1.79 bits per heavy atom. The van der Waals surface area contributed by atoms with E-state index in [1.807, 2.05) is 19.1 Å². The van der Waals surface area contributed by atoms with Gasteiger partial charge in [-0.1, -0.05) is 29.0 Å². The number of esters is 1. The number of rotatable bonds is 7. The first kappa shape index (κ1) is 20.4. The van der Waals surface area contributed by atoms with Gasteiger partial charge in [0.15, 0.2) is 11.1 Å². The van der Waals surface area contributed by atoms with Crippen LogP contribution in [0.5, 0.6) is 5.75 Å². The minimum absolute atomic E-state index is 0.134. The normalized spacial score (nSPS) is 11.6. The zero-order valence-electron chi connectivity index (χ0n) is 15.7. The maximum Gasteiger partial charge on any atom is 0.347 e. The molecule has 0 saturated carbocycles. The number of amides is 1. The Balaban J connectivity index is 1.50. The third kappa shape index (κ3) is 5.82. The summed E-state index contributed by atoms with van der Waals surface area (Å²) in [6.07, 6.45) is -0.891. The van der Waals surface area contributed by atoms with E-state index in [9.17, 15) is 14.0 Å². The molecular weight excluding hydrogens is 397 g/mol. The van der Waals surface area contributed by atoms with Crippen molar-refractivity contribution in [2.24, 2.45) is 0 Å². The maximum absolute atomic E-state index is 12.9. The van der Waals surface area contributed by atoms with E-state index in [-0.39, 0.29) is 11.6 Å². The van der Waals surface area contributed by atoms with Crippen LogP contribution in [0.4, 0.5) is 10.1 Å². The highest BCUT2D eigenvalue weighted by molar-refractivity contribution is 7.13. The molecule has 0 aliphatic rings. The van der Waals surface area contributed by atoms with Crippen molar-refractivity contribution in [3.8, 4) is 5.75 Å². The molecule has 1 N–H and O–H groups in total. The molecule has 29 heavy (non-hydrogen) atoms. The first-order chi connectivity index (χ1) is 13.9. The molecule has 7 nitrogen and oxygen atoms in total. The molecule has 1 heterocycles. The quantitative estimate of drug-likeness (QED) is 0.591. The Bertz CT molecular complexity index is 990. The van der Waals surface area contributed by atoms with Crippen LogP contribution in [-0.4, -0.2) is 28.2 Å². The highest BCUT2D eigenvalue weighted by Gasteiger charge is 2.19. The predicted octanol–water partition coefficient (Wildman–Crippen LogP) is 3.75. The number of aryl methyl sites for hydroxylation is 1. The van der Waals surface area contributed by atoms with Gasteiger partial charge in [0.2, 0.25) is 5.01 Å². The van der Waals surface area contributed by atoms with Crippen molar-refractivity contribution in [2.45, 2.75) is 26.6 Å². The second kappa shape index (κ2) is 9.24. The summed E-state index contributed by atoms with van der Waals surface area (Å²) in [6, 6.07) is 12.7. The van der Waals surface area contributed by atoms with Crippen LogP contribution in [0.1, 0.15) is 27.3 Å². The summed E-state index contributed by atoms with van der Waals surface area (Å²) >= 11 is 1.03. The summed E-state index contributed by atoms with van der Waals surface area (Å²) in [5.41, 5.74) is 1.73. The number of carbonyl (C=O) groups is 2. The molecule has 2 aromatic carbocycles. The van der Waals surface area contributed by atoms with Crippen LogP contribution in [0.3, 0.4) is 0 Å². The van der Waals surface area contributed by atoms with Crippen molar-refractivity contribution in [3.05, 3.63) is 69.9 Å². The molecule has 0 aliphatic carbocycles. The second-order valence-electron chi connectivity index (χ2n) is 6.14. The number of halogens is 1. The molecule has 0 aliphatic heterocycles. The molecule has 1 aromatic heterocycles. The van der Waals surface area contributed by atoms with Gasteiger partial charge in [0.25, 0.3) is 5.91 Å². The largest absolute Gasteiger partial charge is 0.479 e. The van der Waals surface area contributed by atoms with Crippen LogP contribution in [0.15, 0.2) is 48.5 Å². The van der Waals surface area contributed by atoms with Gasteiger partial charge in [-0.3, -0.25) is 4.79 Å². The topological polar surface area (TPSA) is 90.4 Å². The zero-order chi connectivity index (χ0) is 20.8. The summed E-state index contributed by atoms with van der Waals surface area (Å²) in [5.74, 6) is -1.06. The third-order valence-corrected chi connectivity index (χ3v) is 4.66. The minimum atomic E-state index is -0.891. The number of benzene rings is 2. The number of nitrogens with zero attached hydrogens (tertiary/aromatic N) is 2. The van der Waals surface area contributed by atoms with Crippen LogP contribution in [0, 0.1) is 12.7 Å². The predicted molar refractivity (Wildman–Crippen MR) is 105 cm³/mol. The number of ether oxygens (including phenoxy) is 2. The fraction of sp³-hybridized carbons (Fsp3) is 0.200. The van der Waals surface area contributed by atoms with Crippen LogP contribution >= 0.6 is 11.3 Å². The molecule has 0 fully saturated rings. The fourth-order valence-electron chi connectivity index (χ4n) is 2.24. The Labute approximate surface area is 170 Å². The SMILES string of the molecule is Cc1ccc(NC(=O)c2nnc(COC(=O)[C@@H](C)Oc3ccc(F)cc3)s2)cc1. The Morgan fingerprint density at radius 3 is 2.48 bits per heavy atom. The molecule has 1 atom stereocenters. The molecular formula is C20H18FN3O4S. The molecule has 3 aromatic rings. The van der Waals surface area contributed by atoms with E-state index in [1.165, 1.54) is 31.2 Å². The van der Waals surface area contributed by atoms with E-state index in [2.05, 4.69) is 15.5 Å². The minimum Gasteiger partial charge on any atom is -0.479 e. The number of hydrogen-bond acceptors (Lipinski definition) is 7. The van der Waals surface area contributed by atoms with Crippen molar-refractivity contribution in [3.63, 3.8) is 0 Å². The summed E-state index contributed by atoms with van der Waals surface area (Å²) in [5, 5.41) is 11.0. The zero-order valence-corrected chi connectivity index (χ0v) is 16.5. The highest BCUT2D eigenvalue weighted by Crippen LogP contribution is 2.16. The number of aromatic nitrogens is 2. The molecule has 1 amide bonds. The molecule has 0 bridgehead atoms. The lowest BCUT2D eigenvalue weighted by atomic mass is 10.2. The molecule has 0 radical (unpaired) electrons. The Kier molecular flexibility index (Phi) is 6.50. The standard InChI is InChI=1S/C20H18FN3O4S/c1-12-3-7-15(8-4-12)22-18(25)19-24-23-17(29-19)11-27-20(26)13(2)28-16-9-5-14(21)6-10-16/h3-10,13H,11H2,1-2H3,(H,22,25)/t13-/m1/s1. The lowest BCUT2D eigenvalue weighted by molar-refractivity contribution is -0.152. The van der Waals surface area contributed by atoms with Crippen LogP contribution < -0.4 is 10.1 Å². The van der Waals surface area contributed by atoms with Crippen molar-refractivity contribution in [1.29, 1.82) is 0 Å². The monoisotopic (exact) mass is 415 g/mol. The average molecular weight is 415 g/mol. The molecule has 150 valence electrons. The van der Waals surface area contributed by atoms with E-state index in [1.54, 1.807) is 12.1 Å². The van der Waals surface area contributed by atoms with Gasteiger partial charge in [-0.2, -0.15) is 0 Å². The van der Waals surface area contributed by atoms with Gasteiger partial charge in [-0.05, 0) is 50.2 Å². The summed E-state index contributed by atoms with van der Waals surface area (Å²) < 4.78 is 23.4. The van der Waals surface area contributed by atoms with Crippen molar-refractivity contribution in [1.82, 2.24) is 10.2 Å². The first-order valence-corrected chi connectivity index (χ1v) is 9.51. The van der Waals surface area contributed by atoms with Crippen molar-refractivity contribution in [2.75, 3.05) is 5.32 Å². The molecule has 0 unspecified atom stereocenters. The number of anilines is 1. The van der Waals surface area contributed by atoms with E-state index >= 15 is 0 Å². The van der Waals surface area contributed by atoms with Gasteiger partial charge in [-0.15, -0.1) is 10.2 Å². The second-order valence-corrected chi connectivity index (χ2v) is 7.20. The average Bonchev–Trinajstić information content (AvgIpc) is 3.19. The molecule has 3 rings (SSSR count). The van der Waals surface area contributed by atoms with Gasteiger partial charge < -0.3 is 14.8 Å². The van der Waals surface area contributed by atoms with Crippen LogP contribution in [0.2, 0.25) is 0 Å².